The molecule has 0 spiro atoms. The van der Waals surface area contributed by atoms with Gasteiger partial charge < -0.3 is 59.6 Å². The van der Waals surface area contributed by atoms with Crippen LogP contribution in [0.15, 0.2) is 158 Å². The Morgan fingerprint density at radius 2 is 0.867 bits per heavy atom. The summed E-state index contributed by atoms with van der Waals surface area (Å²) >= 11 is 68.7. The Morgan fingerprint density at radius 1 is 0.461 bits per heavy atom. The highest BCUT2D eigenvalue weighted by Crippen LogP contribution is 2.41. The van der Waals surface area contributed by atoms with Crippen molar-refractivity contribution in [3.8, 4) is 0 Å². The topological polar surface area (TPSA) is 438 Å². The van der Waals surface area contributed by atoms with Crippen LogP contribution in [0.4, 0.5) is 42.8 Å². The van der Waals surface area contributed by atoms with Crippen molar-refractivity contribution in [1.82, 2.24) is 70.4 Å². The molecular weight excluding hydrogens is 2160 g/mol. The second kappa shape index (κ2) is 47.7. The molecule has 2 atom stereocenters. The third-order valence-corrected chi connectivity index (χ3v) is 29.0. The van der Waals surface area contributed by atoms with Gasteiger partial charge in [-0.2, -0.15) is 15.0 Å². The van der Waals surface area contributed by atoms with Crippen LogP contribution in [0.2, 0.25) is 35.3 Å². The Hall–Kier alpha value is -8.30. The average molecular weight is 2240 g/mol. The fourth-order valence-electron chi connectivity index (χ4n) is 11.3. The number of anilines is 7. The highest BCUT2D eigenvalue weighted by Gasteiger charge is 2.33. The molecular formula is C82H76Br4Cl7N23O6S6. The first kappa shape index (κ1) is 100. The number of alkyl carbamates (subject to hydrolysis) is 1. The number of halogens is 11. The lowest BCUT2D eigenvalue weighted by atomic mass is 9.91. The number of ether oxygens (including phenoxy) is 1. The first-order valence-corrected chi connectivity index (χ1v) is 48.5. The van der Waals surface area contributed by atoms with Crippen LogP contribution in [0.5, 0.6) is 0 Å². The molecule has 1 aromatic carbocycles. The highest BCUT2D eigenvalue weighted by molar-refractivity contribution is 9.11. The number of nitrogens with two attached hydrogens (primary N) is 4. The summed E-state index contributed by atoms with van der Waals surface area (Å²) < 4.78 is 11.6. The zero-order valence-electron chi connectivity index (χ0n) is 67.4. The van der Waals surface area contributed by atoms with Gasteiger partial charge in [0.2, 0.25) is 17.7 Å². The van der Waals surface area contributed by atoms with Crippen molar-refractivity contribution in [2.24, 2.45) is 29.2 Å². The lowest BCUT2D eigenvalue weighted by Gasteiger charge is -2.26. The number of nitrogens with one attached hydrogen (secondary N) is 7. The van der Waals surface area contributed by atoms with Crippen molar-refractivity contribution in [3.05, 3.63) is 210 Å². The predicted molar refractivity (Wildman–Crippen MR) is 541 cm³/mol. The maximum Gasteiger partial charge on any atom is 0.407 e. The normalized spacial score (nSPS) is 14.8. The molecule has 15 N–H and O–H groups in total. The number of hydrogen-bond acceptors (Lipinski definition) is 27. The summed E-state index contributed by atoms with van der Waals surface area (Å²) in [4.78, 5) is 109. The van der Waals surface area contributed by atoms with Crippen LogP contribution >= 0.6 is 215 Å². The summed E-state index contributed by atoms with van der Waals surface area (Å²) in [6.07, 6.45) is 28.3. The number of nitrogen functional groups attached to an aromatic ring is 2. The van der Waals surface area contributed by atoms with Crippen molar-refractivity contribution in [1.29, 1.82) is 0 Å². The zero-order valence-corrected chi connectivity index (χ0v) is 83.9. The van der Waals surface area contributed by atoms with Gasteiger partial charge in [0.15, 0.2) is 53.3 Å². The maximum atomic E-state index is 12.0. The number of carbonyl (C=O) groups excluding carboxylic acids is 5. The molecule has 5 amide bonds. The molecule has 5 aliphatic rings. The predicted octanol–water partition coefficient (Wildman–Crippen LogP) is 23.1. The molecule has 12 aromatic heterocycles. The number of hydrogen-bond donors (Lipinski definition) is 11. The number of carbonyl (C=O) groups is 5. The molecule has 13 aromatic rings. The molecule has 5 aliphatic carbocycles. The maximum absolute atomic E-state index is 12.0. The minimum absolute atomic E-state index is 0.0511. The van der Waals surface area contributed by atoms with Crippen LogP contribution < -0.4 is 60.2 Å². The number of aromatic nitrogens is 12. The van der Waals surface area contributed by atoms with Crippen molar-refractivity contribution in [3.63, 3.8) is 0 Å². The SMILES string of the molecule is CC(C)(C)OC(=O)NC1CC=C(c2ccnc3nc(NC(=O)C4CC4)sc23)CC1.Clc1ccnc(Cl)c1Br.NC(=S)Nc1nccc(Cl)c1Br.NC1CC=C(c2ccnc3nc(NC(=O)C4CC4)sc23)CC1.Nc1nc2nccc(Cl)c2s1.Nc1nccc(Cl)c1Br.O=C(NC(=S)Nc1nccc(Cl)c1Br)c1ccccc1.O=C(Nc1nc2nccc(Cl)c2s1)C1CC1. The van der Waals surface area contributed by atoms with Gasteiger partial charge in [0.05, 0.1) is 66.8 Å². The van der Waals surface area contributed by atoms with Crippen LogP contribution in [-0.2, 0) is 19.1 Å². The highest BCUT2D eigenvalue weighted by atomic mass is 79.9. The molecule has 0 saturated heterocycles. The van der Waals surface area contributed by atoms with E-state index in [0.717, 1.165) is 101 Å². The first-order chi connectivity index (χ1) is 61.1. The van der Waals surface area contributed by atoms with Crippen LogP contribution in [0, 0.1) is 17.8 Å². The van der Waals surface area contributed by atoms with Crippen LogP contribution in [0.1, 0.15) is 119 Å². The van der Waals surface area contributed by atoms with Gasteiger partial charge in [-0.15, -0.1) is 0 Å². The number of thiazole rings is 4. The van der Waals surface area contributed by atoms with Gasteiger partial charge in [0.1, 0.15) is 28.2 Å². The van der Waals surface area contributed by atoms with Gasteiger partial charge in [0, 0.05) is 96.1 Å². The molecule has 0 aliphatic heterocycles. The van der Waals surface area contributed by atoms with Gasteiger partial charge in [-0.05, 0) is 258 Å². The molecule has 3 saturated carbocycles. The summed E-state index contributed by atoms with van der Waals surface area (Å²) in [5, 5.41) is 26.2. The van der Waals surface area contributed by atoms with E-state index in [-0.39, 0.29) is 69.8 Å². The summed E-state index contributed by atoms with van der Waals surface area (Å²) in [6, 6.07) is 23.2. The largest absolute Gasteiger partial charge is 0.444 e. The Labute approximate surface area is 829 Å². The summed E-state index contributed by atoms with van der Waals surface area (Å²) in [5.41, 5.74) is 29.5. The second-order valence-corrected chi connectivity index (χ2v) is 39.8. The van der Waals surface area contributed by atoms with E-state index in [0.29, 0.717) is 119 Å². The zero-order chi connectivity index (χ0) is 92.0. The second-order valence-electron chi connectivity index (χ2n) is 29.0. The van der Waals surface area contributed by atoms with Crippen molar-refractivity contribution in [2.45, 2.75) is 116 Å². The molecule has 18 rings (SSSR count). The molecule has 0 radical (unpaired) electrons. The van der Waals surface area contributed by atoms with Crippen LogP contribution in [0.3, 0.4) is 0 Å². The standard InChI is InChI=1S/C21H26N4O3S.C16H18N4OS.C13H9BrClN3OS.C10H8ClN3OS.C6H5BrClN3S.C6H4ClN3S.C5H2BrCl2N.C5H4BrClN2/c1-21(2,3)28-20(27)23-14-8-6-12(7-9-14)15-10-11-22-17-16(15)29-19(24-17)25-18(26)13-4-5-13;17-11-5-3-9(4-6-11)12-7-8-18-14-13(12)22-16(19-14)20-15(21)10-1-2-10;14-10-9(15)6-7-16-11(10)17-13(20)18-12(19)8-4-2-1-3-5-8;11-6-3-4-12-8-7(6)16-10(13-8)14-9(15)5-1-2-5;7-4-3(8)1-2-10-5(4)11-6(9)12;7-3-1-2-9-5-4(3)11-6(8)10-5;2*6-4-3(7)1-2-9-5(4)8/h6,10-11,13-14H,4-5,7-9H2,1-3H3,(H,23,27)(H,22,24,25,26);3,7-8,10-11H,1-2,4-6,17H2,(H,18,19,20,21);1-7H,(H2,16,17,18,19,20);3-5H,1-2H2,(H,12,13,14,15);1-2H,(H3,9,10,11,12);1-2H,(H2,8,9,10);1-2H;1-2H,(H2,8,9). The number of allylic oxidation sites excluding steroid dienone is 2. The molecule has 29 nitrogen and oxygen atoms in total. The molecule has 3 fully saturated rings. The number of benzene rings is 1. The Bertz CT molecular complexity index is 6200. The minimum Gasteiger partial charge on any atom is -0.444 e. The number of amides is 5. The van der Waals surface area contributed by atoms with E-state index in [1.807, 2.05) is 39.0 Å². The van der Waals surface area contributed by atoms with Crippen molar-refractivity contribution >= 4 is 345 Å². The van der Waals surface area contributed by atoms with E-state index in [2.05, 4.69) is 185 Å². The third-order valence-electron chi connectivity index (χ3n) is 18.0. The smallest absolute Gasteiger partial charge is 0.407 e. The molecule has 128 heavy (non-hydrogen) atoms. The molecule has 2 unspecified atom stereocenters. The fraction of sp³-hybridized carbons (Fsp3) is 0.256. The lowest BCUT2D eigenvalue weighted by molar-refractivity contribution is -0.118. The third kappa shape index (κ3) is 30.4. The van der Waals surface area contributed by atoms with Gasteiger partial charge in [0.25, 0.3) is 5.91 Å². The average Bonchev–Trinajstić information content (AvgIpc) is 1.65. The van der Waals surface area contributed by atoms with E-state index < -0.39 is 5.60 Å². The van der Waals surface area contributed by atoms with E-state index in [1.54, 1.807) is 104 Å². The number of fused-ring (bicyclic) bond motifs is 4. The summed E-state index contributed by atoms with van der Waals surface area (Å²) in [5.74, 6) is 1.79. The minimum atomic E-state index is -0.499. The van der Waals surface area contributed by atoms with Crippen molar-refractivity contribution < 1.29 is 28.7 Å². The number of nitrogens with zero attached hydrogens (tertiary/aromatic N) is 12. The van der Waals surface area contributed by atoms with Gasteiger partial charge in [-0.25, -0.2) is 49.7 Å². The monoisotopic (exact) mass is 2230 g/mol. The molecule has 46 heteroatoms. The Kier molecular flexibility index (Phi) is 37.3. The number of rotatable bonds is 12. The van der Waals surface area contributed by atoms with Gasteiger partial charge in [-0.3, -0.25) is 24.5 Å². The van der Waals surface area contributed by atoms with Gasteiger partial charge in [-0.1, -0.05) is 157 Å². The van der Waals surface area contributed by atoms with E-state index in [1.165, 1.54) is 68.3 Å². The summed E-state index contributed by atoms with van der Waals surface area (Å²) in [6.45, 7) is 5.57. The first-order valence-electron chi connectivity index (χ1n) is 38.6. The number of thiocarbonyl (C=S) groups is 2. The number of pyridine rings is 8. The molecule has 12 heterocycles. The Balaban J connectivity index is 0.000000146. The lowest BCUT2D eigenvalue weighted by Crippen LogP contribution is -2.39. The fourth-order valence-corrected chi connectivity index (χ4v) is 17.5. The quantitative estimate of drug-likeness (QED) is 0.0400. The van der Waals surface area contributed by atoms with E-state index in [9.17, 15) is 24.0 Å². The Morgan fingerprint density at radius 3 is 1.28 bits per heavy atom. The summed E-state index contributed by atoms with van der Waals surface area (Å²) in [7, 11) is 0. The van der Waals surface area contributed by atoms with Crippen LogP contribution in [0.25, 0.3) is 52.5 Å². The van der Waals surface area contributed by atoms with Crippen LogP contribution in [-0.4, -0.2) is 117 Å². The van der Waals surface area contributed by atoms with Crippen molar-refractivity contribution in [2.75, 3.05) is 38.1 Å². The molecule has 0 bridgehead atoms. The molecule has 668 valence electrons. The van der Waals surface area contributed by atoms with E-state index >= 15 is 0 Å². The van der Waals surface area contributed by atoms with Gasteiger partial charge >= 0.3 is 6.09 Å². The van der Waals surface area contributed by atoms with E-state index in [4.69, 9.17) is 121 Å².